The highest BCUT2D eigenvalue weighted by Crippen LogP contribution is 2.26. The summed E-state index contributed by atoms with van der Waals surface area (Å²) in [4.78, 5) is 4.11. The van der Waals surface area contributed by atoms with E-state index >= 15 is 0 Å². The van der Waals surface area contributed by atoms with Gasteiger partial charge in [-0.15, -0.1) is 0 Å². The molecular weight excluding hydrogens is 306 g/mol. The summed E-state index contributed by atoms with van der Waals surface area (Å²) in [5.41, 5.74) is 0.146. The Morgan fingerprint density at radius 3 is 1.60 bits per heavy atom. The Kier molecular flexibility index (Phi) is 12.7. The molecule has 0 fully saturated rings. The predicted octanol–water partition coefficient (Wildman–Crippen LogP) is 7.27. The van der Waals surface area contributed by atoms with E-state index in [1.165, 1.54) is 96.3 Å². The van der Waals surface area contributed by atoms with Crippen LogP contribution >= 0.6 is 0 Å². The van der Waals surface area contributed by atoms with Crippen LogP contribution in [0, 0.1) is 0 Å². The lowest BCUT2D eigenvalue weighted by Gasteiger charge is -2.28. The van der Waals surface area contributed by atoms with E-state index < -0.39 is 0 Å². The van der Waals surface area contributed by atoms with Crippen LogP contribution in [0.4, 0.5) is 0 Å². The number of nitrogens with zero attached hydrogens (tertiary/aromatic N) is 3. The fourth-order valence-corrected chi connectivity index (χ4v) is 3.64. The van der Waals surface area contributed by atoms with E-state index in [1.807, 2.05) is 6.33 Å². The lowest BCUT2D eigenvalue weighted by atomic mass is 9.91. The minimum atomic E-state index is 0.146. The molecule has 0 aromatic carbocycles. The normalized spacial score (nSPS) is 13.9. The minimum Gasteiger partial charge on any atom is -0.247 e. The first-order valence-electron chi connectivity index (χ1n) is 11.1. The third-order valence-electron chi connectivity index (χ3n) is 5.80. The van der Waals surface area contributed by atoms with Gasteiger partial charge in [-0.25, -0.2) is 9.67 Å². The maximum Gasteiger partial charge on any atom is 0.137 e. The van der Waals surface area contributed by atoms with E-state index in [-0.39, 0.29) is 5.54 Å². The minimum absolute atomic E-state index is 0.146. The number of hydrogen-bond acceptors (Lipinski definition) is 2. The second kappa shape index (κ2) is 14.3. The van der Waals surface area contributed by atoms with Crippen molar-refractivity contribution in [1.29, 1.82) is 0 Å². The van der Waals surface area contributed by atoms with Crippen LogP contribution in [0.1, 0.15) is 124 Å². The summed E-state index contributed by atoms with van der Waals surface area (Å²) < 4.78 is 2.05. The van der Waals surface area contributed by atoms with Gasteiger partial charge in [0.25, 0.3) is 0 Å². The van der Waals surface area contributed by atoms with E-state index in [0.717, 1.165) is 6.42 Å². The molecule has 1 atom stereocenters. The molecule has 0 saturated carbocycles. The summed E-state index contributed by atoms with van der Waals surface area (Å²) in [5.74, 6) is 0. The van der Waals surface area contributed by atoms with Crippen LogP contribution in [0.15, 0.2) is 12.7 Å². The molecule has 1 aromatic rings. The summed E-state index contributed by atoms with van der Waals surface area (Å²) >= 11 is 0. The quantitative estimate of drug-likeness (QED) is 0.277. The number of aromatic nitrogens is 3. The van der Waals surface area contributed by atoms with Crippen LogP contribution in [-0.2, 0) is 5.54 Å². The maximum atomic E-state index is 4.35. The molecule has 1 unspecified atom stereocenters. The molecule has 0 bridgehead atoms. The van der Waals surface area contributed by atoms with E-state index in [1.54, 1.807) is 6.33 Å². The van der Waals surface area contributed by atoms with Gasteiger partial charge in [0.05, 0.1) is 5.54 Å². The van der Waals surface area contributed by atoms with Crippen molar-refractivity contribution in [3.05, 3.63) is 12.7 Å². The van der Waals surface area contributed by atoms with Crippen molar-refractivity contribution in [2.75, 3.05) is 0 Å². The van der Waals surface area contributed by atoms with E-state index in [9.17, 15) is 0 Å². The maximum absolute atomic E-state index is 4.35. The summed E-state index contributed by atoms with van der Waals surface area (Å²) in [6.45, 7) is 6.86. The van der Waals surface area contributed by atoms with Crippen molar-refractivity contribution in [2.45, 2.75) is 129 Å². The zero-order chi connectivity index (χ0) is 18.2. The van der Waals surface area contributed by atoms with Crippen LogP contribution in [0.5, 0.6) is 0 Å². The van der Waals surface area contributed by atoms with E-state index in [0.29, 0.717) is 0 Å². The third-order valence-corrected chi connectivity index (χ3v) is 5.80. The van der Waals surface area contributed by atoms with Crippen LogP contribution in [0.2, 0.25) is 0 Å². The van der Waals surface area contributed by atoms with Crippen molar-refractivity contribution in [3.8, 4) is 0 Å². The molecule has 0 spiro atoms. The second-order valence-corrected chi connectivity index (χ2v) is 8.04. The largest absolute Gasteiger partial charge is 0.247 e. The van der Waals surface area contributed by atoms with Crippen LogP contribution in [0.25, 0.3) is 0 Å². The Morgan fingerprint density at radius 2 is 1.20 bits per heavy atom. The molecule has 1 rings (SSSR count). The number of unbranched alkanes of at least 4 members (excludes halogenated alkanes) is 13. The summed E-state index contributed by atoms with van der Waals surface area (Å²) in [6.07, 6.45) is 25.7. The zero-order valence-electron chi connectivity index (χ0n) is 17.3. The number of hydrogen-bond donors (Lipinski definition) is 0. The third kappa shape index (κ3) is 10.0. The Hall–Kier alpha value is -0.860. The molecular formula is C22H43N3. The highest BCUT2D eigenvalue weighted by atomic mass is 15.3. The molecule has 0 aliphatic carbocycles. The smallest absolute Gasteiger partial charge is 0.137 e. The van der Waals surface area contributed by atoms with Gasteiger partial charge in [-0.1, -0.05) is 104 Å². The van der Waals surface area contributed by atoms with E-state index in [2.05, 4.69) is 35.5 Å². The molecule has 146 valence electrons. The van der Waals surface area contributed by atoms with Crippen LogP contribution in [0.3, 0.4) is 0 Å². The Bertz CT molecular complexity index is 388. The van der Waals surface area contributed by atoms with Gasteiger partial charge in [-0.05, 0) is 19.8 Å². The van der Waals surface area contributed by atoms with E-state index in [4.69, 9.17) is 0 Å². The first kappa shape index (κ1) is 22.2. The topological polar surface area (TPSA) is 30.7 Å². The average molecular weight is 350 g/mol. The first-order valence-corrected chi connectivity index (χ1v) is 11.1. The van der Waals surface area contributed by atoms with Crippen molar-refractivity contribution in [1.82, 2.24) is 14.8 Å². The Balaban J connectivity index is 1.89. The van der Waals surface area contributed by atoms with Gasteiger partial charge in [-0.2, -0.15) is 5.10 Å². The van der Waals surface area contributed by atoms with Crippen molar-refractivity contribution in [3.63, 3.8) is 0 Å². The fourth-order valence-electron chi connectivity index (χ4n) is 3.64. The monoisotopic (exact) mass is 349 g/mol. The van der Waals surface area contributed by atoms with Gasteiger partial charge in [0.2, 0.25) is 0 Å². The highest BCUT2D eigenvalue weighted by Gasteiger charge is 2.24. The molecule has 0 amide bonds. The summed E-state index contributed by atoms with van der Waals surface area (Å²) in [6, 6.07) is 0. The zero-order valence-corrected chi connectivity index (χ0v) is 17.3. The van der Waals surface area contributed by atoms with Crippen LogP contribution < -0.4 is 0 Å². The molecule has 25 heavy (non-hydrogen) atoms. The fraction of sp³-hybridized carbons (Fsp3) is 0.909. The summed E-state index contributed by atoms with van der Waals surface area (Å²) in [7, 11) is 0. The molecule has 3 nitrogen and oxygen atoms in total. The lowest BCUT2D eigenvalue weighted by Crippen LogP contribution is -2.29. The average Bonchev–Trinajstić information content (AvgIpc) is 3.17. The van der Waals surface area contributed by atoms with Gasteiger partial charge in [0.1, 0.15) is 12.7 Å². The van der Waals surface area contributed by atoms with Gasteiger partial charge >= 0.3 is 0 Å². The second-order valence-electron chi connectivity index (χ2n) is 8.04. The molecule has 0 radical (unpaired) electrons. The van der Waals surface area contributed by atoms with Gasteiger partial charge < -0.3 is 0 Å². The van der Waals surface area contributed by atoms with Crippen LogP contribution in [-0.4, -0.2) is 14.8 Å². The SMILES string of the molecule is CCCCCCCCCCCCCCCCC(C)(CC)n1cncn1. The lowest BCUT2D eigenvalue weighted by molar-refractivity contribution is 0.244. The van der Waals surface area contributed by atoms with Gasteiger partial charge in [0, 0.05) is 0 Å². The molecule has 0 N–H and O–H groups in total. The molecule has 3 heteroatoms. The van der Waals surface area contributed by atoms with Crippen molar-refractivity contribution >= 4 is 0 Å². The highest BCUT2D eigenvalue weighted by molar-refractivity contribution is 4.80. The molecule has 0 aliphatic heterocycles. The Labute approximate surface area is 157 Å². The summed E-state index contributed by atoms with van der Waals surface area (Å²) in [5, 5.41) is 4.35. The first-order chi connectivity index (χ1) is 12.2. The van der Waals surface area contributed by atoms with Gasteiger partial charge in [0.15, 0.2) is 0 Å². The van der Waals surface area contributed by atoms with Crippen molar-refractivity contribution in [2.24, 2.45) is 0 Å². The standard InChI is InChI=1S/C22H43N3/c1-4-6-7-8-9-10-11-12-13-14-15-16-17-18-19-22(3,5-2)25-21-23-20-24-25/h20-21H,4-19H2,1-3H3. The molecule has 0 saturated heterocycles. The number of rotatable bonds is 17. The molecule has 0 aliphatic rings. The van der Waals surface area contributed by atoms with Gasteiger partial charge in [-0.3, -0.25) is 0 Å². The molecule has 1 heterocycles. The Morgan fingerprint density at radius 1 is 0.720 bits per heavy atom. The predicted molar refractivity (Wildman–Crippen MR) is 109 cm³/mol. The van der Waals surface area contributed by atoms with Crippen molar-refractivity contribution < 1.29 is 0 Å². The molecule has 1 aromatic heterocycles.